The van der Waals surface area contributed by atoms with E-state index in [1.807, 2.05) is 10.9 Å². The second-order valence-corrected chi connectivity index (χ2v) is 11.9. The summed E-state index contributed by atoms with van der Waals surface area (Å²) >= 11 is 0. The summed E-state index contributed by atoms with van der Waals surface area (Å²) in [6.07, 6.45) is 11.6. The second-order valence-electron chi connectivity index (χ2n) is 9.87. The summed E-state index contributed by atoms with van der Waals surface area (Å²) in [7, 11) is -2.57. The molecule has 2 aliphatic rings. The van der Waals surface area contributed by atoms with Gasteiger partial charge in [0.1, 0.15) is 16.8 Å². The highest BCUT2D eigenvalue weighted by Gasteiger charge is 2.27. The van der Waals surface area contributed by atoms with Crippen molar-refractivity contribution in [2.45, 2.75) is 42.7 Å². The predicted molar refractivity (Wildman–Crippen MR) is 139 cm³/mol. The molecule has 1 atom stereocenters. The van der Waals surface area contributed by atoms with Crippen molar-refractivity contribution in [1.29, 1.82) is 0 Å². The average molecular weight is 555 g/mol. The minimum atomic E-state index is -3.98. The van der Waals surface area contributed by atoms with Crippen molar-refractivity contribution in [2.24, 2.45) is 0 Å². The van der Waals surface area contributed by atoms with Gasteiger partial charge in [0.25, 0.3) is 5.91 Å². The predicted octanol–water partition coefficient (Wildman–Crippen LogP) is 3.05. The molecule has 0 spiro atoms. The minimum absolute atomic E-state index is 0.00622. The monoisotopic (exact) mass is 554 g/mol. The van der Waals surface area contributed by atoms with Crippen LogP contribution in [0.25, 0.3) is 27.9 Å². The molecule has 4 aromatic rings. The van der Waals surface area contributed by atoms with E-state index in [1.54, 1.807) is 12.4 Å². The smallest absolute Gasteiger partial charge is 0.251 e. The Hall–Kier alpha value is -3.84. The Bertz CT molecular complexity index is 1690. The van der Waals surface area contributed by atoms with E-state index in [-0.39, 0.29) is 28.4 Å². The van der Waals surface area contributed by atoms with Gasteiger partial charge in [0.05, 0.1) is 37.2 Å². The van der Waals surface area contributed by atoms with Crippen LogP contribution in [-0.4, -0.2) is 71.3 Å². The molecule has 1 saturated carbocycles. The van der Waals surface area contributed by atoms with Crippen LogP contribution in [0, 0.1) is 5.82 Å². The summed E-state index contributed by atoms with van der Waals surface area (Å²) in [5.41, 5.74) is 1.80. The quantitative estimate of drug-likeness (QED) is 0.369. The fourth-order valence-electron chi connectivity index (χ4n) is 4.80. The first-order valence-electron chi connectivity index (χ1n) is 12.7. The number of aromatic nitrogens is 5. The van der Waals surface area contributed by atoms with Gasteiger partial charge in [-0.05, 0) is 31.4 Å². The number of amides is 1. The maximum absolute atomic E-state index is 15.7. The standard InChI is InChI=1S/C26H27FN6O5S/c1-28-25(34)15-8-19(23(27)22(9-15)39(2,35)36)20-11-30-33-13-21(16-10-29-32(12-16)17-4-3-5-17)26(31-24(20)33)38-18-6-7-37-14-18/h8-13,17-18H,3-7,14H2,1-2H3,(H,28,34)/t18-/m0/s1. The molecular weight excluding hydrogens is 527 g/mol. The summed E-state index contributed by atoms with van der Waals surface area (Å²) in [4.78, 5) is 16.6. The molecular formula is C26H27FN6O5S. The molecule has 4 heterocycles. The van der Waals surface area contributed by atoms with E-state index in [9.17, 15) is 13.2 Å². The second kappa shape index (κ2) is 9.72. The molecule has 0 bridgehead atoms. The highest BCUT2D eigenvalue weighted by Crippen LogP contribution is 2.37. The van der Waals surface area contributed by atoms with Gasteiger partial charge < -0.3 is 14.8 Å². The summed E-state index contributed by atoms with van der Waals surface area (Å²) in [6, 6.07) is 2.70. The van der Waals surface area contributed by atoms with Crippen LogP contribution in [0.5, 0.6) is 5.88 Å². The molecule has 1 aliphatic heterocycles. The van der Waals surface area contributed by atoms with E-state index in [2.05, 4.69) is 15.5 Å². The van der Waals surface area contributed by atoms with Gasteiger partial charge in [-0.3, -0.25) is 9.48 Å². The maximum atomic E-state index is 15.7. The van der Waals surface area contributed by atoms with Gasteiger partial charge in [-0.15, -0.1) is 0 Å². The Morgan fingerprint density at radius 2 is 1.95 bits per heavy atom. The fraction of sp³-hybridized carbons (Fsp3) is 0.385. The number of rotatable bonds is 7. The summed E-state index contributed by atoms with van der Waals surface area (Å²) in [5, 5.41) is 11.4. The molecule has 204 valence electrons. The highest BCUT2D eigenvalue weighted by molar-refractivity contribution is 7.90. The van der Waals surface area contributed by atoms with Gasteiger partial charge in [-0.2, -0.15) is 15.2 Å². The molecule has 1 saturated heterocycles. The van der Waals surface area contributed by atoms with Crippen LogP contribution >= 0.6 is 0 Å². The molecule has 0 unspecified atom stereocenters. The molecule has 1 aliphatic carbocycles. The Labute approximate surface area is 223 Å². The van der Waals surface area contributed by atoms with Gasteiger partial charge in [-0.25, -0.2) is 17.3 Å². The summed E-state index contributed by atoms with van der Waals surface area (Å²) in [5.74, 6) is -1.24. The number of carbonyl (C=O) groups is 1. The molecule has 1 amide bonds. The first kappa shape index (κ1) is 25.4. The van der Waals surface area contributed by atoms with Crippen molar-refractivity contribution >= 4 is 21.4 Å². The van der Waals surface area contributed by atoms with Crippen LogP contribution in [0.3, 0.4) is 0 Å². The zero-order chi connectivity index (χ0) is 27.3. The number of hydrogen-bond acceptors (Lipinski definition) is 8. The Kier molecular flexibility index (Phi) is 6.34. The van der Waals surface area contributed by atoms with Crippen LogP contribution in [-0.2, 0) is 14.6 Å². The number of fused-ring (bicyclic) bond motifs is 1. The first-order valence-corrected chi connectivity index (χ1v) is 14.6. The van der Waals surface area contributed by atoms with Crippen LogP contribution < -0.4 is 10.1 Å². The van der Waals surface area contributed by atoms with E-state index >= 15 is 4.39 Å². The number of nitrogens with one attached hydrogen (secondary N) is 1. The molecule has 3 aromatic heterocycles. The lowest BCUT2D eigenvalue weighted by molar-refractivity contribution is 0.0963. The summed E-state index contributed by atoms with van der Waals surface area (Å²) in [6.45, 7) is 0.992. The van der Waals surface area contributed by atoms with E-state index in [1.165, 1.54) is 30.2 Å². The normalized spacial score (nSPS) is 17.9. The van der Waals surface area contributed by atoms with Crippen LogP contribution in [0.1, 0.15) is 42.1 Å². The number of ether oxygens (including phenoxy) is 2. The zero-order valence-corrected chi connectivity index (χ0v) is 22.2. The van der Waals surface area contributed by atoms with Gasteiger partial charge in [0, 0.05) is 54.4 Å². The third-order valence-electron chi connectivity index (χ3n) is 7.20. The van der Waals surface area contributed by atoms with Gasteiger partial charge in [0.2, 0.25) is 5.88 Å². The molecule has 2 fully saturated rings. The zero-order valence-electron chi connectivity index (χ0n) is 21.4. The van der Waals surface area contributed by atoms with Gasteiger partial charge >= 0.3 is 0 Å². The third-order valence-corrected chi connectivity index (χ3v) is 8.30. The van der Waals surface area contributed by atoms with Gasteiger partial charge in [-0.1, -0.05) is 0 Å². The molecule has 39 heavy (non-hydrogen) atoms. The Balaban J connectivity index is 1.52. The van der Waals surface area contributed by atoms with Crippen molar-refractivity contribution in [3.05, 3.63) is 48.3 Å². The fourth-order valence-corrected chi connectivity index (χ4v) is 5.58. The number of halogens is 1. The van der Waals surface area contributed by atoms with E-state index in [0.29, 0.717) is 37.1 Å². The average Bonchev–Trinajstić information content (AvgIpc) is 3.63. The SMILES string of the molecule is CNC(=O)c1cc(-c2cnn3cc(-c4cnn(C5CCC5)c4)c(O[C@H]4CCOC4)nc23)c(F)c(S(C)(=O)=O)c1. The third kappa shape index (κ3) is 4.65. The Morgan fingerprint density at radius 1 is 1.13 bits per heavy atom. The lowest BCUT2D eigenvalue weighted by atomic mass is 9.93. The molecule has 6 rings (SSSR count). The van der Waals surface area contributed by atoms with Crippen molar-refractivity contribution in [3.63, 3.8) is 0 Å². The topological polar surface area (TPSA) is 130 Å². The van der Waals surface area contributed by atoms with Crippen LogP contribution in [0.2, 0.25) is 0 Å². The molecule has 11 nitrogen and oxygen atoms in total. The summed E-state index contributed by atoms with van der Waals surface area (Å²) < 4.78 is 55.6. The number of hydrogen-bond donors (Lipinski definition) is 1. The number of nitrogens with zero attached hydrogens (tertiary/aromatic N) is 5. The van der Waals surface area contributed by atoms with Crippen molar-refractivity contribution in [3.8, 4) is 28.1 Å². The molecule has 1 aromatic carbocycles. The molecule has 0 radical (unpaired) electrons. The minimum Gasteiger partial charge on any atom is -0.471 e. The van der Waals surface area contributed by atoms with E-state index in [4.69, 9.17) is 14.5 Å². The van der Waals surface area contributed by atoms with Crippen LogP contribution in [0.15, 0.2) is 41.8 Å². The Morgan fingerprint density at radius 3 is 2.62 bits per heavy atom. The number of carbonyl (C=O) groups excluding carboxylic acids is 1. The van der Waals surface area contributed by atoms with E-state index < -0.39 is 26.5 Å². The largest absolute Gasteiger partial charge is 0.471 e. The maximum Gasteiger partial charge on any atom is 0.251 e. The number of benzene rings is 1. The lowest BCUT2D eigenvalue weighted by Crippen LogP contribution is -2.19. The van der Waals surface area contributed by atoms with Crippen molar-refractivity contribution < 1.29 is 27.1 Å². The van der Waals surface area contributed by atoms with E-state index in [0.717, 1.165) is 30.7 Å². The van der Waals surface area contributed by atoms with Crippen molar-refractivity contribution in [1.82, 2.24) is 29.7 Å². The number of sulfone groups is 1. The lowest BCUT2D eigenvalue weighted by Gasteiger charge is -2.25. The van der Waals surface area contributed by atoms with Crippen LogP contribution in [0.4, 0.5) is 4.39 Å². The van der Waals surface area contributed by atoms with Crippen molar-refractivity contribution in [2.75, 3.05) is 26.5 Å². The highest BCUT2D eigenvalue weighted by atomic mass is 32.2. The molecule has 13 heteroatoms. The van der Waals surface area contributed by atoms with Gasteiger partial charge in [0.15, 0.2) is 15.5 Å². The molecule has 1 N–H and O–H groups in total. The first-order chi connectivity index (χ1) is 18.7.